The number of carbonyl (C=O) groups is 1. The van der Waals surface area contributed by atoms with Crippen molar-refractivity contribution < 1.29 is 9.18 Å². The number of hydrogen-bond donors (Lipinski definition) is 1. The Kier molecular flexibility index (Phi) is 2.40. The van der Waals surface area contributed by atoms with Gasteiger partial charge in [0.1, 0.15) is 5.82 Å². The molecule has 2 atom stereocenters. The smallest absolute Gasteiger partial charge is 0.251 e. The van der Waals surface area contributed by atoms with Crippen LogP contribution in [0.15, 0.2) is 18.2 Å². The molecule has 1 amide bonds. The summed E-state index contributed by atoms with van der Waals surface area (Å²) in [6.45, 7) is 2.54. The highest BCUT2D eigenvalue weighted by atomic mass is 19.1. The fraction of sp³-hybridized carbons (Fsp3) is 0.462. The largest absolute Gasteiger partial charge is 0.352 e. The van der Waals surface area contributed by atoms with Crippen LogP contribution in [0.3, 0.4) is 0 Å². The molecule has 4 heteroatoms. The van der Waals surface area contributed by atoms with Gasteiger partial charge in [-0.1, -0.05) is 0 Å². The molecule has 3 nitrogen and oxygen atoms in total. The summed E-state index contributed by atoms with van der Waals surface area (Å²) in [5.41, 5.74) is 1.50. The van der Waals surface area contributed by atoms with E-state index >= 15 is 0 Å². The van der Waals surface area contributed by atoms with Crippen LogP contribution in [-0.2, 0) is 0 Å². The fourth-order valence-electron chi connectivity index (χ4n) is 3.01. The Labute approximate surface area is 99.6 Å². The van der Waals surface area contributed by atoms with E-state index in [4.69, 9.17) is 0 Å². The molecule has 1 saturated heterocycles. The van der Waals surface area contributed by atoms with E-state index in [-0.39, 0.29) is 17.6 Å². The van der Waals surface area contributed by atoms with E-state index in [9.17, 15) is 9.18 Å². The molecule has 3 rings (SSSR count). The van der Waals surface area contributed by atoms with Crippen LogP contribution in [0.25, 0.3) is 0 Å². The molecular weight excluding hydrogens is 219 g/mol. The van der Waals surface area contributed by atoms with Gasteiger partial charge in [-0.3, -0.25) is 4.79 Å². The lowest BCUT2D eigenvalue weighted by Crippen LogP contribution is -2.29. The van der Waals surface area contributed by atoms with Crippen molar-refractivity contribution in [1.82, 2.24) is 10.2 Å². The molecule has 0 spiro atoms. The molecule has 90 valence electrons. The summed E-state index contributed by atoms with van der Waals surface area (Å²) in [6.07, 6.45) is 0. The molecule has 0 aromatic heterocycles. The number of likely N-dealkylation sites (tertiary alicyclic amines) is 1. The highest BCUT2D eigenvalue weighted by Gasteiger charge is 2.36. The van der Waals surface area contributed by atoms with Crippen molar-refractivity contribution in [2.24, 2.45) is 5.92 Å². The van der Waals surface area contributed by atoms with Gasteiger partial charge in [-0.2, -0.15) is 0 Å². The Morgan fingerprint density at radius 3 is 3.06 bits per heavy atom. The summed E-state index contributed by atoms with van der Waals surface area (Å²) >= 11 is 0. The lowest BCUT2D eigenvalue weighted by molar-refractivity contribution is 0.0951. The molecule has 2 aliphatic rings. The van der Waals surface area contributed by atoms with Gasteiger partial charge in [0.2, 0.25) is 0 Å². The minimum atomic E-state index is -0.258. The second-order valence-electron chi connectivity index (χ2n) is 5.03. The van der Waals surface area contributed by atoms with Gasteiger partial charge >= 0.3 is 0 Å². The van der Waals surface area contributed by atoms with Crippen molar-refractivity contribution in [3.8, 4) is 0 Å². The molecule has 1 unspecified atom stereocenters. The summed E-state index contributed by atoms with van der Waals surface area (Å²) in [7, 11) is 2.06. The van der Waals surface area contributed by atoms with E-state index in [1.54, 1.807) is 6.07 Å². The lowest BCUT2D eigenvalue weighted by Gasteiger charge is -2.16. The van der Waals surface area contributed by atoms with Crippen LogP contribution in [0, 0.1) is 11.7 Å². The minimum Gasteiger partial charge on any atom is -0.352 e. The van der Waals surface area contributed by atoms with Crippen LogP contribution in [0.1, 0.15) is 21.8 Å². The summed E-state index contributed by atoms with van der Waals surface area (Å²) in [4.78, 5) is 14.1. The van der Waals surface area contributed by atoms with Crippen molar-refractivity contribution in [1.29, 1.82) is 0 Å². The van der Waals surface area contributed by atoms with Crippen molar-refractivity contribution >= 4 is 5.91 Å². The average Bonchev–Trinajstić information content (AvgIpc) is 2.62. The number of carbonyl (C=O) groups excluding carboxylic acids is 1. The predicted molar refractivity (Wildman–Crippen MR) is 62.5 cm³/mol. The number of rotatable bonds is 0. The number of likely N-dealkylation sites (N-methyl/N-ethyl adjacent to an activating group) is 1. The first-order valence-corrected chi connectivity index (χ1v) is 5.91. The van der Waals surface area contributed by atoms with Crippen LogP contribution in [-0.4, -0.2) is 37.5 Å². The van der Waals surface area contributed by atoms with Gasteiger partial charge < -0.3 is 10.2 Å². The summed E-state index contributed by atoms with van der Waals surface area (Å²) in [6, 6.07) is 4.48. The SMILES string of the molecule is CN1CC2c3cc(F)ccc3C(=O)NC[C@H]2C1. The molecule has 0 radical (unpaired) electrons. The standard InChI is InChI=1S/C13H15FN2O/c1-16-6-8-5-15-13(17)10-3-2-9(14)4-11(10)12(8)7-16/h2-4,8,12H,5-7H2,1H3,(H,15,17)/t8-,12?/m0/s1. The number of nitrogens with zero attached hydrogens (tertiary/aromatic N) is 1. The molecule has 2 heterocycles. The topological polar surface area (TPSA) is 32.3 Å². The van der Waals surface area contributed by atoms with Crippen molar-refractivity contribution in [2.45, 2.75) is 5.92 Å². The third-order valence-electron chi connectivity index (χ3n) is 3.81. The molecule has 0 saturated carbocycles. The maximum Gasteiger partial charge on any atom is 0.251 e. The van der Waals surface area contributed by atoms with Crippen LogP contribution in [0.5, 0.6) is 0 Å². The molecule has 0 bridgehead atoms. The normalized spacial score (nSPS) is 28.2. The van der Waals surface area contributed by atoms with E-state index in [0.717, 1.165) is 18.7 Å². The average molecular weight is 234 g/mol. The maximum absolute atomic E-state index is 13.4. The molecule has 1 fully saturated rings. The Morgan fingerprint density at radius 2 is 2.24 bits per heavy atom. The van der Waals surface area contributed by atoms with E-state index in [1.807, 2.05) is 0 Å². The Bertz CT molecular complexity index is 474. The maximum atomic E-state index is 13.4. The van der Waals surface area contributed by atoms with Crippen LogP contribution < -0.4 is 5.32 Å². The minimum absolute atomic E-state index is 0.0722. The third kappa shape index (κ3) is 1.72. The zero-order valence-corrected chi connectivity index (χ0v) is 9.74. The molecule has 1 N–H and O–H groups in total. The number of hydrogen-bond acceptors (Lipinski definition) is 2. The number of halogens is 1. The molecule has 0 aliphatic carbocycles. The summed E-state index contributed by atoms with van der Waals surface area (Å²) in [5, 5.41) is 2.92. The van der Waals surface area contributed by atoms with E-state index < -0.39 is 0 Å². The van der Waals surface area contributed by atoms with Crippen molar-refractivity contribution in [2.75, 3.05) is 26.7 Å². The Hall–Kier alpha value is -1.42. The van der Waals surface area contributed by atoms with Gasteiger partial charge in [-0.15, -0.1) is 0 Å². The fourth-order valence-corrected chi connectivity index (χ4v) is 3.01. The first-order chi connectivity index (χ1) is 8.15. The number of nitrogens with one attached hydrogen (secondary N) is 1. The van der Waals surface area contributed by atoms with Crippen molar-refractivity contribution in [3.05, 3.63) is 35.1 Å². The van der Waals surface area contributed by atoms with Crippen LogP contribution in [0.2, 0.25) is 0 Å². The first-order valence-electron chi connectivity index (χ1n) is 5.91. The zero-order valence-electron chi connectivity index (χ0n) is 9.74. The molecule has 17 heavy (non-hydrogen) atoms. The quantitative estimate of drug-likeness (QED) is 0.732. The highest BCUT2D eigenvalue weighted by molar-refractivity contribution is 5.96. The van der Waals surface area contributed by atoms with Gasteiger partial charge in [0.05, 0.1) is 0 Å². The second-order valence-corrected chi connectivity index (χ2v) is 5.03. The number of benzene rings is 1. The van der Waals surface area contributed by atoms with E-state index in [2.05, 4.69) is 17.3 Å². The summed E-state index contributed by atoms with van der Waals surface area (Å²) in [5.74, 6) is 0.334. The number of fused-ring (bicyclic) bond motifs is 3. The first kappa shape index (κ1) is 10.7. The number of amides is 1. The molecule has 1 aromatic carbocycles. The third-order valence-corrected chi connectivity index (χ3v) is 3.81. The molecular formula is C13H15FN2O. The Balaban J connectivity index is 2.10. The zero-order chi connectivity index (χ0) is 12.0. The lowest BCUT2D eigenvalue weighted by atomic mass is 9.87. The highest BCUT2D eigenvalue weighted by Crippen LogP contribution is 2.35. The Morgan fingerprint density at radius 1 is 1.41 bits per heavy atom. The van der Waals surface area contributed by atoms with Gasteiger partial charge in [0.25, 0.3) is 5.91 Å². The van der Waals surface area contributed by atoms with Crippen LogP contribution >= 0.6 is 0 Å². The predicted octanol–water partition coefficient (Wildman–Crippen LogP) is 1.21. The van der Waals surface area contributed by atoms with E-state index in [1.165, 1.54) is 12.1 Å². The molecule has 1 aromatic rings. The van der Waals surface area contributed by atoms with Gasteiger partial charge in [0.15, 0.2) is 0 Å². The van der Waals surface area contributed by atoms with Crippen LogP contribution in [0.4, 0.5) is 4.39 Å². The van der Waals surface area contributed by atoms with E-state index in [0.29, 0.717) is 18.0 Å². The van der Waals surface area contributed by atoms with Gasteiger partial charge in [-0.25, -0.2) is 4.39 Å². The van der Waals surface area contributed by atoms with Gasteiger partial charge in [-0.05, 0) is 36.7 Å². The molecule has 2 aliphatic heterocycles. The summed E-state index contributed by atoms with van der Waals surface area (Å²) < 4.78 is 13.4. The monoisotopic (exact) mass is 234 g/mol. The van der Waals surface area contributed by atoms with Gasteiger partial charge in [0, 0.05) is 31.1 Å². The van der Waals surface area contributed by atoms with Crippen molar-refractivity contribution in [3.63, 3.8) is 0 Å². The second kappa shape index (κ2) is 3.81.